The number of hydrogen-bond acceptors (Lipinski definition) is 7. The molecule has 210 valence electrons. The Kier molecular flexibility index (Phi) is 8.02. The molecule has 1 aliphatic heterocycles. The second-order valence-electron chi connectivity index (χ2n) is 9.86. The SMILES string of the molecule is N#CNC(=NCC#Cc1ccc2ncnc(Nc3ccc4c(cnn4CC4=CC(F)=CCC4)c3)c2c1)N1CCOCC1. The standard InChI is InChI=1S/C31H28FN9O/c32-25-5-1-3-23(15-25)19-41-29-9-7-26(17-24(29)18-38-41)39-30-27-16-22(6-8-28(27)36-21-37-30)4-2-10-34-31(35-20-33)40-11-13-42-14-12-40/h5-9,15-18,21H,1,3,10-14,19H2,(H,34,35)(H,36,37,39). The van der Waals surface area contributed by atoms with Gasteiger partial charge in [0.2, 0.25) is 5.96 Å². The highest BCUT2D eigenvalue weighted by Gasteiger charge is 2.14. The van der Waals surface area contributed by atoms with Crippen LogP contribution in [0.4, 0.5) is 15.9 Å². The van der Waals surface area contributed by atoms with Crippen molar-refractivity contribution in [1.29, 1.82) is 5.26 Å². The van der Waals surface area contributed by atoms with E-state index >= 15 is 0 Å². The van der Waals surface area contributed by atoms with Crippen LogP contribution in [0, 0.1) is 23.3 Å². The van der Waals surface area contributed by atoms with Gasteiger partial charge in [0.25, 0.3) is 0 Å². The molecule has 42 heavy (non-hydrogen) atoms. The number of nitrogens with zero attached hydrogens (tertiary/aromatic N) is 7. The number of anilines is 2. The second kappa shape index (κ2) is 12.5. The Morgan fingerprint density at radius 3 is 2.90 bits per heavy atom. The Labute approximate surface area is 242 Å². The molecule has 2 aliphatic rings. The quantitative estimate of drug-likeness (QED) is 0.121. The maximum absolute atomic E-state index is 13.7. The van der Waals surface area contributed by atoms with E-state index in [9.17, 15) is 4.39 Å². The molecule has 2 aromatic heterocycles. The summed E-state index contributed by atoms with van der Waals surface area (Å²) < 4.78 is 21.0. The number of nitriles is 1. The maximum Gasteiger partial charge on any atom is 0.208 e. The van der Waals surface area contributed by atoms with Crippen LogP contribution < -0.4 is 10.6 Å². The molecule has 0 atom stereocenters. The van der Waals surface area contributed by atoms with Crippen molar-refractivity contribution in [1.82, 2.24) is 30.0 Å². The van der Waals surface area contributed by atoms with Gasteiger partial charge in [-0.1, -0.05) is 11.8 Å². The Morgan fingerprint density at radius 2 is 2.05 bits per heavy atom. The van der Waals surface area contributed by atoms with E-state index in [1.54, 1.807) is 12.2 Å². The van der Waals surface area contributed by atoms with Gasteiger partial charge in [0.05, 0.1) is 37.0 Å². The van der Waals surface area contributed by atoms with Crippen LogP contribution >= 0.6 is 0 Å². The summed E-state index contributed by atoms with van der Waals surface area (Å²) in [6, 6.07) is 11.8. The van der Waals surface area contributed by atoms with Crippen LogP contribution in [0.1, 0.15) is 18.4 Å². The number of benzene rings is 2. The molecule has 0 bridgehead atoms. The van der Waals surface area contributed by atoms with Gasteiger partial charge >= 0.3 is 0 Å². The number of morpholine rings is 1. The van der Waals surface area contributed by atoms with Gasteiger partial charge in [-0.15, -0.1) is 0 Å². The minimum atomic E-state index is -0.176. The number of guanidine groups is 1. The molecule has 3 heterocycles. The van der Waals surface area contributed by atoms with E-state index in [4.69, 9.17) is 10.00 Å². The second-order valence-corrected chi connectivity index (χ2v) is 9.86. The van der Waals surface area contributed by atoms with E-state index in [2.05, 4.69) is 42.5 Å². The number of allylic oxidation sites excluding steroid dienone is 4. The lowest BCUT2D eigenvalue weighted by Gasteiger charge is -2.28. The molecule has 0 spiro atoms. The van der Waals surface area contributed by atoms with Crippen LogP contribution in [-0.2, 0) is 11.3 Å². The van der Waals surface area contributed by atoms with Crippen LogP contribution in [-0.4, -0.2) is 63.5 Å². The summed E-state index contributed by atoms with van der Waals surface area (Å²) in [6.07, 6.45) is 10.1. The van der Waals surface area contributed by atoms with Crippen molar-refractivity contribution in [2.45, 2.75) is 19.4 Å². The van der Waals surface area contributed by atoms with Gasteiger partial charge in [0.15, 0.2) is 6.19 Å². The fourth-order valence-corrected chi connectivity index (χ4v) is 5.00. The molecule has 2 aromatic carbocycles. The Hall–Kier alpha value is -5.26. The van der Waals surface area contributed by atoms with E-state index in [1.165, 1.54) is 6.33 Å². The van der Waals surface area contributed by atoms with Crippen molar-refractivity contribution in [2.75, 3.05) is 38.2 Å². The van der Waals surface area contributed by atoms with Crippen molar-refractivity contribution in [2.24, 2.45) is 4.99 Å². The lowest BCUT2D eigenvalue weighted by molar-refractivity contribution is 0.0669. The molecule has 6 rings (SSSR count). The fraction of sp³-hybridized carbons (Fsp3) is 0.258. The summed E-state index contributed by atoms with van der Waals surface area (Å²) in [5.41, 5.74) is 4.46. The number of nitrogens with one attached hydrogen (secondary N) is 2. The normalized spacial score (nSPS) is 15.4. The average molecular weight is 562 g/mol. The highest BCUT2D eigenvalue weighted by molar-refractivity contribution is 5.92. The van der Waals surface area contributed by atoms with Gasteiger partial charge in [0.1, 0.15) is 24.5 Å². The topological polar surface area (TPSA) is 116 Å². The van der Waals surface area contributed by atoms with Crippen LogP contribution in [0.2, 0.25) is 0 Å². The molecule has 1 fully saturated rings. The average Bonchev–Trinajstić information content (AvgIpc) is 3.41. The number of halogens is 1. The first-order valence-electron chi connectivity index (χ1n) is 13.7. The highest BCUT2D eigenvalue weighted by atomic mass is 19.1. The third kappa shape index (κ3) is 6.22. The number of hydrogen-bond donors (Lipinski definition) is 2. The molecule has 1 saturated heterocycles. The predicted molar refractivity (Wildman–Crippen MR) is 159 cm³/mol. The van der Waals surface area contributed by atoms with Crippen LogP contribution in [0.25, 0.3) is 21.8 Å². The number of fused-ring (bicyclic) bond motifs is 2. The summed E-state index contributed by atoms with van der Waals surface area (Å²) in [5, 5.41) is 21.5. The lowest BCUT2D eigenvalue weighted by Crippen LogP contribution is -2.46. The number of ether oxygens (including phenoxy) is 1. The highest BCUT2D eigenvalue weighted by Crippen LogP contribution is 2.27. The third-order valence-corrected chi connectivity index (χ3v) is 7.06. The molecule has 4 aromatic rings. The summed E-state index contributed by atoms with van der Waals surface area (Å²) in [4.78, 5) is 15.3. The fourth-order valence-electron chi connectivity index (χ4n) is 5.00. The van der Waals surface area contributed by atoms with Crippen LogP contribution in [0.15, 0.2) is 77.5 Å². The van der Waals surface area contributed by atoms with Gasteiger partial charge in [-0.25, -0.2) is 19.4 Å². The van der Waals surface area contributed by atoms with Crippen LogP contribution in [0.3, 0.4) is 0 Å². The molecule has 0 unspecified atom stereocenters. The number of aromatic nitrogens is 4. The van der Waals surface area contributed by atoms with Crippen molar-refractivity contribution in [3.05, 3.63) is 78.0 Å². The molecular formula is C31H28FN9O. The Balaban J connectivity index is 1.19. The van der Waals surface area contributed by atoms with Gasteiger partial charge in [-0.3, -0.25) is 10.00 Å². The van der Waals surface area contributed by atoms with Crippen molar-refractivity contribution < 1.29 is 9.13 Å². The zero-order valence-electron chi connectivity index (χ0n) is 22.8. The summed E-state index contributed by atoms with van der Waals surface area (Å²) in [6.45, 7) is 3.36. The van der Waals surface area contributed by atoms with Gasteiger partial charge in [0, 0.05) is 35.1 Å². The molecule has 2 N–H and O–H groups in total. The zero-order valence-corrected chi connectivity index (χ0v) is 22.8. The monoisotopic (exact) mass is 561 g/mol. The van der Waals surface area contributed by atoms with E-state index in [0.29, 0.717) is 44.6 Å². The zero-order chi connectivity index (χ0) is 28.7. The van der Waals surface area contributed by atoms with Crippen molar-refractivity contribution in [3.8, 4) is 18.0 Å². The first-order chi connectivity index (χ1) is 20.7. The minimum Gasteiger partial charge on any atom is -0.378 e. The molecule has 11 heteroatoms. The van der Waals surface area contributed by atoms with E-state index in [0.717, 1.165) is 51.5 Å². The van der Waals surface area contributed by atoms with E-state index in [-0.39, 0.29) is 12.4 Å². The molecule has 1 aliphatic carbocycles. The first-order valence-corrected chi connectivity index (χ1v) is 13.7. The van der Waals surface area contributed by atoms with Crippen molar-refractivity contribution in [3.63, 3.8) is 0 Å². The lowest BCUT2D eigenvalue weighted by atomic mass is 10.0. The number of aliphatic imine (C=N–C) groups is 1. The minimum absolute atomic E-state index is 0.176. The number of rotatable bonds is 5. The molecule has 0 saturated carbocycles. The molecule has 0 amide bonds. The largest absolute Gasteiger partial charge is 0.378 e. The predicted octanol–water partition coefficient (Wildman–Crippen LogP) is 4.41. The molecule has 0 radical (unpaired) electrons. The summed E-state index contributed by atoms with van der Waals surface area (Å²) in [5.74, 6) is 7.22. The first kappa shape index (κ1) is 26.9. The van der Waals surface area contributed by atoms with Crippen LogP contribution in [0.5, 0.6) is 0 Å². The van der Waals surface area contributed by atoms with Gasteiger partial charge in [-0.05, 0) is 67.0 Å². The van der Waals surface area contributed by atoms with Gasteiger partial charge < -0.3 is 15.0 Å². The van der Waals surface area contributed by atoms with E-state index < -0.39 is 0 Å². The maximum atomic E-state index is 13.7. The molecular weight excluding hydrogens is 533 g/mol. The van der Waals surface area contributed by atoms with Gasteiger partial charge in [-0.2, -0.15) is 10.4 Å². The third-order valence-electron chi connectivity index (χ3n) is 7.06. The Morgan fingerprint density at radius 1 is 1.14 bits per heavy atom. The smallest absolute Gasteiger partial charge is 0.208 e. The van der Waals surface area contributed by atoms with E-state index in [1.807, 2.05) is 58.4 Å². The Bertz CT molecular complexity index is 1820. The molecule has 10 nitrogen and oxygen atoms in total. The summed E-state index contributed by atoms with van der Waals surface area (Å²) >= 11 is 0. The van der Waals surface area contributed by atoms with Crippen molar-refractivity contribution >= 4 is 39.3 Å². The summed E-state index contributed by atoms with van der Waals surface area (Å²) in [7, 11) is 0.